The number of nitrogens with one attached hydrogen (secondary N) is 1. The molecule has 3 rings (SSSR count). The molecule has 0 unspecified atom stereocenters. The molecule has 0 heterocycles. The number of carbonyl (C=O) groups is 1. The standard InChI is InChI=1S/C23H15Cl2F4NO2/c24-15-6-9-21(18(12-15)23(27,28)29)30-11-10-22(31)14-4-7-16(8-5-14)32-13-17-19(25)2-1-3-20(17)26/h1-12,30H,13H2/b11-10+. The van der Waals surface area contributed by atoms with E-state index in [1.807, 2.05) is 0 Å². The van der Waals surface area contributed by atoms with Gasteiger partial charge in [0.25, 0.3) is 0 Å². The van der Waals surface area contributed by atoms with Crippen LogP contribution in [0.25, 0.3) is 0 Å². The van der Waals surface area contributed by atoms with Crippen LogP contribution in [0.2, 0.25) is 10.0 Å². The Morgan fingerprint density at radius 3 is 2.41 bits per heavy atom. The Balaban J connectivity index is 1.62. The van der Waals surface area contributed by atoms with Crippen molar-refractivity contribution < 1.29 is 27.1 Å². The Bertz CT molecular complexity index is 1130. The van der Waals surface area contributed by atoms with Gasteiger partial charge in [-0.1, -0.05) is 29.3 Å². The topological polar surface area (TPSA) is 38.3 Å². The van der Waals surface area contributed by atoms with E-state index in [1.165, 1.54) is 48.5 Å². The van der Waals surface area contributed by atoms with Crippen molar-refractivity contribution in [1.82, 2.24) is 0 Å². The van der Waals surface area contributed by atoms with Crippen molar-refractivity contribution in [1.29, 1.82) is 0 Å². The molecule has 0 bridgehead atoms. The molecule has 0 amide bonds. The lowest BCUT2D eigenvalue weighted by Gasteiger charge is -2.12. The first-order valence-electron chi connectivity index (χ1n) is 9.15. The third kappa shape index (κ3) is 6.02. The molecule has 0 atom stereocenters. The van der Waals surface area contributed by atoms with E-state index >= 15 is 0 Å². The molecular weight excluding hydrogens is 469 g/mol. The SMILES string of the molecule is O=C(/C=C/Nc1ccc(Cl)cc1C(F)(F)F)c1ccc(OCc2c(F)cccc2Cl)cc1. The number of ketones is 1. The quantitative estimate of drug-likeness (QED) is 0.214. The van der Waals surface area contributed by atoms with Crippen molar-refractivity contribution in [3.05, 3.63) is 105 Å². The van der Waals surface area contributed by atoms with Crippen molar-refractivity contribution >= 4 is 34.7 Å². The van der Waals surface area contributed by atoms with E-state index in [-0.39, 0.29) is 33.5 Å². The zero-order valence-electron chi connectivity index (χ0n) is 16.2. The zero-order valence-corrected chi connectivity index (χ0v) is 17.7. The van der Waals surface area contributed by atoms with Crippen LogP contribution < -0.4 is 10.1 Å². The van der Waals surface area contributed by atoms with Crippen LogP contribution in [-0.4, -0.2) is 5.78 Å². The molecule has 0 aliphatic heterocycles. The molecule has 0 fully saturated rings. The van der Waals surface area contributed by atoms with Crippen LogP contribution in [0.4, 0.5) is 23.2 Å². The average molecular weight is 484 g/mol. The van der Waals surface area contributed by atoms with Crippen LogP contribution >= 0.6 is 23.2 Å². The Morgan fingerprint density at radius 1 is 1.03 bits per heavy atom. The Morgan fingerprint density at radius 2 is 1.75 bits per heavy atom. The molecule has 1 N–H and O–H groups in total. The Labute approximate surface area is 191 Å². The number of allylic oxidation sites excluding steroid dienone is 1. The lowest BCUT2D eigenvalue weighted by Crippen LogP contribution is -2.08. The average Bonchev–Trinajstić information content (AvgIpc) is 2.74. The molecule has 0 spiro atoms. The number of carbonyl (C=O) groups excluding carboxylic acids is 1. The number of ether oxygens (including phenoxy) is 1. The summed E-state index contributed by atoms with van der Waals surface area (Å²) in [5.74, 6) is -0.543. The van der Waals surface area contributed by atoms with Gasteiger partial charge in [0.1, 0.15) is 18.2 Å². The molecule has 3 nitrogen and oxygen atoms in total. The maximum atomic E-state index is 13.8. The highest BCUT2D eigenvalue weighted by Crippen LogP contribution is 2.36. The first-order chi connectivity index (χ1) is 15.1. The second kappa shape index (κ2) is 10.1. The number of anilines is 1. The molecule has 0 saturated carbocycles. The third-order valence-corrected chi connectivity index (χ3v) is 4.93. The van der Waals surface area contributed by atoms with E-state index < -0.39 is 23.3 Å². The van der Waals surface area contributed by atoms with Gasteiger partial charge >= 0.3 is 6.18 Å². The van der Waals surface area contributed by atoms with Gasteiger partial charge in [-0.3, -0.25) is 4.79 Å². The van der Waals surface area contributed by atoms with Crippen molar-refractivity contribution in [3.63, 3.8) is 0 Å². The van der Waals surface area contributed by atoms with Crippen molar-refractivity contribution in [2.75, 3.05) is 5.32 Å². The normalized spacial score (nSPS) is 11.6. The molecule has 9 heteroatoms. The predicted octanol–water partition coefficient (Wildman–Crippen LogP) is 7.54. The van der Waals surface area contributed by atoms with Crippen molar-refractivity contribution in [3.8, 4) is 5.75 Å². The van der Waals surface area contributed by atoms with Gasteiger partial charge in [0.05, 0.1) is 16.3 Å². The summed E-state index contributed by atoms with van der Waals surface area (Å²) >= 11 is 11.6. The number of hydrogen-bond donors (Lipinski definition) is 1. The lowest BCUT2D eigenvalue weighted by atomic mass is 10.1. The Hall–Kier alpha value is -3.03. The minimum atomic E-state index is -4.60. The first-order valence-corrected chi connectivity index (χ1v) is 9.90. The van der Waals surface area contributed by atoms with Gasteiger partial charge in [-0.15, -0.1) is 0 Å². The van der Waals surface area contributed by atoms with E-state index in [4.69, 9.17) is 27.9 Å². The first kappa shape index (κ1) is 23.6. The van der Waals surface area contributed by atoms with Gasteiger partial charge in [-0.25, -0.2) is 4.39 Å². The minimum Gasteiger partial charge on any atom is -0.489 e. The number of hydrogen-bond acceptors (Lipinski definition) is 3. The monoisotopic (exact) mass is 483 g/mol. The van der Waals surface area contributed by atoms with Gasteiger partial charge in [0.2, 0.25) is 0 Å². The highest BCUT2D eigenvalue weighted by molar-refractivity contribution is 6.31. The van der Waals surface area contributed by atoms with E-state index in [1.54, 1.807) is 6.07 Å². The van der Waals surface area contributed by atoms with Crippen LogP contribution in [0.1, 0.15) is 21.5 Å². The van der Waals surface area contributed by atoms with E-state index in [9.17, 15) is 22.4 Å². The summed E-state index contributed by atoms with van der Waals surface area (Å²) in [4.78, 5) is 12.3. The fourth-order valence-corrected chi connectivity index (χ4v) is 3.11. The fourth-order valence-electron chi connectivity index (χ4n) is 2.72. The van der Waals surface area contributed by atoms with Crippen LogP contribution in [0, 0.1) is 5.82 Å². The van der Waals surface area contributed by atoms with Gasteiger partial charge < -0.3 is 10.1 Å². The number of benzene rings is 3. The lowest BCUT2D eigenvalue weighted by molar-refractivity contribution is -0.136. The summed E-state index contributed by atoms with van der Waals surface area (Å²) in [7, 11) is 0. The summed E-state index contributed by atoms with van der Waals surface area (Å²) in [6.07, 6.45) is -2.39. The third-order valence-electron chi connectivity index (χ3n) is 4.34. The highest BCUT2D eigenvalue weighted by atomic mass is 35.5. The molecule has 3 aromatic rings. The molecule has 0 aromatic heterocycles. The van der Waals surface area contributed by atoms with Crippen molar-refractivity contribution in [2.45, 2.75) is 12.8 Å². The van der Waals surface area contributed by atoms with E-state index in [2.05, 4.69) is 5.32 Å². The van der Waals surface area contributed by atoms with Crippen LogP contribution in [-0.2, 0) is 12.8 Å². The van der Waals surface area contributed by atoms with Crippen LogP contribution in [0.3, 0.4) is 0 Å². The zero-order chi connectivity index (χ0) is 23.3. The number of rotatable bonds is 7. The molecule has 3 aromatic carbocycles. The number of halogens is 6. The number of alkyl halides is 3. The molecule has 0 radical (unpaired) electrons. The second-order valence-electron chi connectivity index (χ2n) is 6.54. The minimum absolute atomic E-state index is 0.0532. The van der Waals surface area contributed by atoms with Crippen LogP contribution in [0.15, 0.2) is 72.9 Å². The second-order valence-corrected chi connectivity index (χ2v) is 7.39. The summed E-state index contributed by atoms with van der Waals surface area (Å²) in [5, 5.41) is 2.64. The van der Waals surface area contributed by atoms with Gasteiger partial charge in [0.15, 0.2) is 5.78 Å². The molecular formula is C23H15Cl2F4NO2. The highest BCUT2D eigenvalue weighted by Gasteiger charge is 2.33. The maximum absolute atomic E-state index is 13.8. The fraction of sp³-hybridized carbons (Fsp3) is 0.0870. The smallest absolute Gasteiger partial charge is 0.418 e. The molecule has 0 saturated heterocycles. The van der Waals surface area contributed by atoms with Gasteiger partial charge in [-0.2, -0.15) is 13.2 Å². The Kier molecular flexibility index (Phi) is 7.43. The maximum Gasteiger partial charge on any atom is 0.418 e. The molecule has 0 aliphatic rings. The van der Waals surface area contributed by atoms with Crippen molar-refractivity contribution in [2.24, 2.45) is 0 Å². The van der Waals surface area contributed by atoms with E-state index in [0.717, 1.165) is 18.3 Å². The van der Waals surface area contributed by atoms with Crippen LogP contribution in [0.5, 0.6) is 5.75 Å². The molecule has 166 valence electrons. The van der Waals surface area contributed by atoms with E-state index in [0.29, 0.717) is 5.75 Å². The summed E-state index contributed by atoms with van der Waals surface area (Å²) in [6.45, 7) is -0.0920. The van der Waals surface area contributed by atoms with Gasteiger partial charge in [0, 0.05) is 28.4 Å². The summed E-state index contributed by atoms with van der Waals surface area (Å²) < 4.78 is 58.6. The largest absolute Gasteiger partial charge is 0.489 e. The molecule has 0 aliphatic carbocycles. The van der Waals surface area contributed by atoms with Gasteiger partial charge in [-0.05, 0) is 54.6 Å². The molecule has 32 heavy (non-hydrogen) atoms. The summed E-state index contributed by atoms with van der Waals surface area (Å²) in [5.41, 5.74) is -0.685. The summed E-state index contributed by atoms with van der Waals surface area (Å²) in [6, 6.07) is 13.6. The predicted molar refractivity (Wildman–Crippen MR) is 116 cm³/mol.